The normalized spacial score (nSPS) is 12.2. The van der Waals surface area contributed by atoms with Crippen molar-refractivity contribution in [1.82, 2.24) is 5.16 Å². The van der Waals surface area contributed by atoms with Crippen molar-refractivity contribution in [1.29, 1.82) is 0 Å². The molecular formula is C12H7F3N2OS. The largest absolute Gasteiger partial charge is 0.425 e. The number of aromatic nitrogens is 1. The fraction of sp³-hybridized carbons (Fsp3) is 0.0833. The lowest BCUT2D eigenvalue weighted by molar-refractivity contribution is -0.134. The number of benzene rings is 1. The molecule has 0 atom stereocenters. The molecule has 1 aromatic carbocycles. The first-order valence-electron chi connectivity index (χ1n) is 5.26. The Labute approximate surface area is 109 Å². The van der Waals surface area contributed by atoms with Crippen molar-refractivity contribution < 1.29 is 17.7 Å². The summed E-state index contributed by atoms with van der Waals surface area (Å²) in [6.45, 7) is 0. The first-order chi connectivity index (χ1) is 8.95. The van der Waals surface area contributed by atoms with Crippen molar-refractivity contribution in [2.45, 2.75) is 6.18 Å². The zero-order chi connectivity index (χ0) is 13.6. The third-order valence-electron chi connectivity index (χ3n) is 2.71. The summed E-state index contributed by atoms with van der Waals surface area (Å²) in [4.78, 5) is -0.613. The van der Waals surface area contributed by atoms with Gasteiger partial charge in [0.1, 0.15) is 4.88 Å². The molecule has 3 rings (SSSR count). The van der Waals surface area contributed by atoms with Gasteiger partial charge in [-0.15, -0.1) is 11.3 Å². The van der Waals surface area contributed by atoms with E-state index >= 15 is 0 Å². The van der Waals surface area contributed by atoms with Gasteiger partial charge in [-0.25, -0.2) is 0 Å². The van der Waals surface area contributed by atoms with Crippen LogP contribution < -0.4 is 5.73 Å². The Hall–Kier alpha value is -2.02. The second-order valence-corrected chi connectivity index (χ2v) is 5.05. The Bertz CT molecular complexity index is 745. The monoisotopic (exact) mass is 284 g/mol. The van der Waals surface area contributed by atoms with Crippen LogP contribution in [-0.4, -0.2) is 5.16 Å². The van der Waals surface area contributed by atoms with Crippen LogP contribution in [0.5, 0.6) is 0 Å². The summed E-state index contributed by atoms with van der Waals surface area (Å²) >= 11 is 0.719. The molecule has 0 unspecified atom stereocenters. The van der Waals surface area contributed by atoms with Crippen molar-refractivity contribution in [3.8, 4) is 11.1 Å². The van der Waals surface area contributed by atoms with Gasteiger partial charge < -0.3 is 10.3 Å². The van der Waals surface area contributed by atoms with Crippen LogP contribution in [0.1, 0.15) is 4.88 Å². The fourth-order valence-corrected chi connectivity index (χ4v) is 2.73. The Morgan fingerprint density at radius 1 is 1.21 bits per heavy atom. The average Bonchev–Trinajstić information content (AvgIpc) is 2.92. The molecule has 0 aliphatic rings. The Morgan fingerprint density at radius 3 is 2.63 bits per heavy atom. The zero-order valence-electron chi connectivity index (χ0n) is 9.36. The van der Waals surface area contributed by atoms with Crippen molar-refractivity contribution in [2.75, 3.05) is 5.73 Å². The summed E-state index contributed by atoms with van der Waals surface area (Å²) in [6, 6.07) is 6.11. The Balaban J connectivity index is 2.14. The lowest BCUT2D eigenvalue weighted by Crippen LogP contribution is -2.00. The number of alkyl halides is 3. The van der Waals surface area contributed by atoms with Crippen LogP contribution in [0.25, 0.3) is 21.2 Å². The van der Waals surface area contributed by atoms with Crippen LogP contribution in [-0.2, 0) is 6.18 Å². The highest BCUT2D eigenvalue weighted by atomic mass is 32.1. The number of nitrogens with zero attached hydrogens (tertiary/aromatic N) is 1. The van der Waals surface area contributed by atoms with E-state index in [0.29, 0.717) is 21.2 Å². The number of thiophene rings is 1. The predicted molar refractivity (Wildman–Crippen MR) is 66.7 cm³/mol. The number of rotatable bonds is 1. The average molecular weight is 284 g/mol. The van der Waals surface area contributed by atoms with E-state index in [-0.39, 0.29) is 5.88 Å². The van der Waals surface area contributed by atoms with Crippen molar-refractivity contribution >= 4 is 27.3 Å². The minimum absolute atomic E-state index is 0.144. The van der Waals surface area contributed by atoms with Gasteiger partial charge in [0.25, 0.3) is 0 Å². The third-order valence-corrected chi connectivity index (χ3v) is 3.87. The van der Waals surface area contributed by atoms with Gasteiger partial charge in [-0.2, -0.15) is 13.2 Å². The second-order valence-electron chi connectivity index (χ2n) is 3.96. The molecule has 0 aliphatic carbocycles. The highest BCUT2D eigenvalue weighted by molar-refractivity contribution is 7.19. The van der Waals surface area contributed by atoms with E-state index in [1.807, 2.05) is 0 Å². The summed E-state index contributed by atoms with van der Waals surface area (Å²) in [7, 11) is 0. The third kappa shape index (κ3) is 2.06. The van der Waals surface area contributed by atoms with Gasteiger partial charge in [0.05, 0.1) is 11.8 Å². The molecule has 0 amide bonds. The van der Waals surface area contributed by atoms with E-state index in [1.54, 1.807) is 18.2 Å². The maximum Gasteiger partial charge on any atom is 0.425 e. The predicted octanol–water partition coefficient (Wildman–Crippen LogP) is 4.16. The van der Waals surface area contributed by atoms with Gasteiger partial charge in [-0.1, -0.05) is 11.2 Å². The number of hydrogen-bond acceptors (Lipinski definition) is 4. The van der Waals surface area contributed by atoms with Crippen LogP contribution in [0.4, 0.5) is 19.1 Å². The van der Waals surface area contributed by atoms with E-state index < -0.39 is 11.1 Å². The topological polar surface area (TPSA) is 52.0 Å². The SMILES string of the molecule is Nc1oncc1-c1ccc2sc(C(F)(F)F)cc2c1. The van der Waals surface area contributed by atoms with E-state index in [1.165, 1.54) is 6.20 Å². The molecule has 3 aromatic rings. The van der Waals surface area contributed by atoms with E-state index in [0.717, 1.165) is 17.4 Å². The molecular weight excluding hydrogens is 277 g/mol. The lowest BCUT2D eigenvalue weighted by Gasteiger charge is -1.99. The van der Waals surface area contributed by atoms with E-state index in [4.69, 9.17) is 10.3 Å². The number of nitrogen functional groups attached to an aromatic ring is 1. The van der Waals surface area contributed by atoms with E-state index in [2.05, 4.69) is 5.16 Å². The first-order valence-corrected chi connectivity index (χ1v) is 6.08. The minimum Gasteiger partial charge on any atom is -0.367 e. The molecule has 0 aliphatic heterocycles. The quantitative estimate of drug-likeness (QED) is 0.730. The minimum atomic E-state index is -4.32. The summed E-state index contributed by atoms with van der Waals surface area (Å²) in [5, 5.41) is 4.07. The van der Waals surface area contributed by atoms with Gasteiger partial charge >= 0.3 is 6.18 Å². The van der Waals surface area contributed by atoms with Crippen LogP contribution in [0.15, 0.2) is 35.0 Å². The molecule has 0 radical (unpaired) electrons. The molecule has 0 saturated carbocycles. The van der Waals surface area contributed by atoms with Crippen LogP contribution in [0.3, 0.4) is 0 Å². The molecule has 0 saturated heterocycles. The number of halogens is 3. The lowest BCUT2D eigenvalue weighted by atomic mass is 10.1. The van der Waals surface area contributed by atoms with Crippen LogP contribution in [0.2, 0.25) is 0 Å². The summed E-state index contributed by atoms with van der Waals surface area (Å²) < 4.78 is 43.2. The van der Waals surface area contributed by atoms with E-state index in [9.17, 15) is 13.2 Å². The number of fused-ring (bicyclic) bond motifs is 1. The highest BCUT2D eigenvalue weighted by Gasteiger charge is 2.32. The summed E-state index contributed by atoms with van der Waals surface area (Å²) in [5.74, 6) is 0.144. The van der Waals surface area contributed by atoms with Crippen molar-refractivity contribution in [3.63, 3.8) is 0 Å². The maximum atomic E-state index is 12.6. The molecule has 3 nitrogen and oxygen atoms in total. The molecule has 0 bridgehead atoms. The molecule has 2 N–H and O–H groups in total. The molecule has 19 heavy (non-hydrogen) atoms. The van der Waals surface area contributed by atoms with Crippen LogP contribution >= 0.6 is 11.3 Å². The van der Waals surface area contributed by atoms with Gasteiger partial charge in [0, 0.05) is 4.70 Å². The highest BCUT2D eigenvalue weighted by Crippen LogP contribution is 2.39. The Kier molecular flexibility index (Phi) is 2.53. The second kappa shape index (κ2) is 3.99. The Morgan fingerprint density at radius 2 is 2.00 bits per heavy atom. The smallest absolute Gasteiger partial charge is 0.367 e. The molecule has 2 heterocycles. The standard InChI is InChI=1S/C12H7F3N2OS/c13-12(14,15)10-4-7-3-6(1-2-9(7)19-10)8-5-17-18-11(8)16/h1-5H,16H2. The molecule has 98 valence electrons. The van der Waals surface area contributed by atoms with Gasteiger partial charge in [-0.3, -0.25) is 0 Å². The first kappa shape index (κ1) is 12.0. The van der Waals surface area contributed by atoms with Crippen molar-refractivity contribution in [3.05, 3.63) is 35.3 Å². The summed E-state index contributed by atoms with van der Waals surface area (Å²) in [5.41, 5.74) is 6.83. The molecule has 0 spiro atoms. The zero-order valence-corrected chi connectivity index (χ0v) is 10.2. The van der Waals surface area contributed by atoms with Crippen LogP contribution in [0, 0.1) is 0 Å². The number of nitrogens with two attached hydrogens (primary N) is 1. The number of anilines is 1. The molecule has 2 aromatic heterocycles. The van der Waals surface area contributed by atoms with Gasteiger partial charge in [0.2, 0.25) is 5.88 Å². The summed E-state index contributed by atoms with van der Waals surface area (Å²) in [6.07, 6.45) is -2.88. The maximum absolute atomic E-state index is 12.6. The van der Waals surface area contributed by atoms with Crippen molar-refractivity contribution in [2.24, 2.45) is 0 Å². The fourth-order valence-electron chi connectivity index (χ4n) is 1.82. The molecule has 0 fully saturated rings. The molecule has 7 heteroatoms. The van der Waals surface area contributed by atoms with Gasteiger partial charge in [0.15, 0.2) is 0 Å². The van der Waals surface area contributed by atoms with Gasteiger partial charge in [-0.05, 0) is 29.1 Å². The number of hydrogen-bond donors (Lipinski definition) is 1.